The predicted octanol–water partition coefficient (Wildman–Crippen LogP) is 1.52. The second kappa shape index (κ2) is 7.94. The van der Waals surface area contributed by atoms with E-state index >= 15 is 0 Å². The number of hydrogen-bond donors (Lipinski definition) is 1. The van der Waals surface area contributed by atoms with Crippen molar-refractivity contribution in [3.8, 4) is 5.75 Å². The maximum Gasteiger partial charge on any atom is 0.263 e. The zero-order valence-electron chi connectivity index (χ0n) is 13.9. The highest BCUT2D eigenvalue weighted by atomic mass is 32.2. The molecule has 0 spiro atoms. The van der Waals surface area contributed by atoms with Crippen LogP contribution >= 0.6 is 0 Å². The topological polar surface area (TPSA) is 75.7 Å². The molecule has 2 rings (SSSR count). The standard InChI is InChI=1S/C16H23FN2O4S/c1-12(23-15-8-5-6-13(17)10-15)16(20)19-9-4-3-7-14(19)11-18-24(2,21)22/h5-6,8,10,12,14,18H,3-4,7,9,11H2,1-2H3/t12-,14+/m1/s1. The van der Waals surface area contributed by atoms with Crippen LogP contribution in [0, 0.1) is 5.82 Å². The number of benzene rings is 1. The minimum absolute atomic E-state index is 0.192. The molecule has 2 atom stereocenters. The van der Waals surface area contributed by atoms with Gasteiger partial charge in [0.15, 0.2) is 6.10 Å². The number of nitrogens with zero attached hydrogens (tertiary/aromatic N) is 1. The van der Waals surface area contributed by atoms with E-state index in [0.29, 0.717) is 12.3 Å². The first-order valence-corrected chi connectivity index (χ1v) is 9.83. The molecule has 0 saturated carbocycles. The molecule has 1 amide bonds. The van der Waals surface area contributed by atoms with Gasteiger partial charge in [0, 0.05) is 25.2 Å². The van der Waals surface area contributed by atoms with Crippen LogP contribution < -0.4 is 9.46 Å². The van der Waals surface area contributed by atoms with E-state index in [0.717, 1.165) is 25.5 Å². The summed E-state index contributed by atoms with van der Waals surface area (Å²) in [7, 11) is -3.31. The highest BCUT2D eigenvalue weighted by molar-refractivity contribution is 7.88. The molecular weight excluding hydrogens is 335 g/mol. The third-order valence-electron chi connectivity index (χ3n) is 3.95. The second-order valence-electron chi connectivity index (χ2n) is 6.02. The zero-order chi connectivity index (χ0) is 17.7. The molecule has 0 radical (unpaired) electrons. The minimum atomic E-state index is -3.31. The number of ether oxygens (including phenoxy) is 1. The first kappa shape index (κ1) is 18.7. The maximum absolute atomic E-state index is 13.2. The van der Waals surface area contributed by atoms with Gasteiger partial charge >= 0.3 is 0 Å². The summed E-state index contributed by atoms with van der Waals surface area (Å²) in [5, 5.41) is 0. The third-order valence-corrected chi connectivity index (χ3v) is 4.64. The van der Waals surface area contributed by atoms with Gasteiger partial charge in [0.25, 0.3) is 5.91 Å². The molecule has 1 aromatic rings. The van der Waals surface area contributed by atoms with Gasteiger partial charge in [-0.1, -0.05) is 6.07 Å². The first-order valence-electron chi connectivity index (χ1n) is 7.93. The summed E-state index contributed by atoms with van der Waals surface area (Å²) in [6.07, 6.45) is 2.87. The Hall–Kier alpha value is -1.67. The number of piperidine rings is 1. The molecule has 1 saturated heterocycles. The molecule has 134 valence electrons. The Balaban J connectivity index is 2.01. The molecule has 1 N–H and O–H groups in total. The smallest absolute Gasteiger partial charge is 0.263 e. The van der Waals surface area contributed by atoms with Crippen LogP contribution in [0.3, 0.4) is 0 Å². The second-order valence-corrected chi connectivity index (χ2v) is 7.85. The number of halogens is 1. The molecule has 1 fully saturated rings. The minimum Gasteiger partial charge on any atom is -0.481 e. The Labute approximate surface area is 142 Å². The van der Waals surface area contributed by atoms with Crippen molar-refractivity contribution in [3.63, 3.8) is 0 Å². The Bertz CT molecular complexity index is 680. The van der Waals surface area contributed by atoms with E-state index in [4.69, 9.17) is 4.74 Å². The van der Waals surface area contributed by atoms with E-state index in [2.05, 4.69) is 4.72 Å². The summed E-state index contributed by atoms with van der Waals surface area (Å²) >= 11 is 0. The lowest BCUT2D eigenvalue weighted by Gasteiger charge is -2.37. The summed E-state index contributed by atoms with van der Waals surface area (Å²) in [5.74, 6) is -0.363. The van der Waals surface area contributed by atoms with Crippen molar-refractivity contribution in [1.29, 1.82) is 0 Å². The number of likely N-dealkylation sites (tertiary alicyclic amines) is 1. The zero-order valence-corrected chi connectivity index (χ0v) is 14.7. The Kier molecular flexibility index (Phi) is 6.17. The highest BCUT2D eigenvalue weighted by Crippen LogP contribution is 2.20. The van der Waals surface area contributed by atoms with Gasteiger partial charge in [-0.25, -0.2) is 17.5 Å². The molecule has 24 heavy (non-hydrogen) atoms. The van der Waals surface area contributed by atoms with Gasteiger partial charge in [-0.2, -0.15) is 0 Å². The Morgan fingerprint density at radius 3 is 2.88 bits per heavy atom. The summed E-state index contributed by atoms with van der Waals surface area (Å²) < 4.78 is 43.8. The predicted molar refractivity (Wildman–Crippen MR) is 88.7 cm³/mol. The first-order chi connectivity index (χ1) is 11.3. The van der Waals surface area contributed by atoms with E-state index in [1.807, 2.05) is 0 Å². The fourth-order valence-electron chi connectivity index (χ4n) is 2.78. The average Bonchev–Trinajstić information content (AvgIpc) is 2.52. The fraction of sp³-hybridized carbons (Fsp3) is 0.562. The van der Waals surface area contributed by atoms with Crippen LogP contribution in [0.4, 0.5) is 4.39 Å². The lowest BCUT2D eigenvalue weighted by molar-refractivity contribution is -0.141. The molecule has 0 aliphatic carbocycles. The Morgan fingerprint density at radius 2 is 2.21 bits per heavy atom. The maximum atomic E-state index is 13.2. The Morgan fingerprint density at radius 1 is 1.46 bits per heavy atom. The van der Waals surface area contributed by atoms with Crippen molar-refractivity contribution >= 4 is 15.9 Å². The number of carbonyl (C=O) groups is 1. The number of rotatable bonds is 6. The number of nitrogens with one attached hydrogen (secondary N) is 1. The molecule has 8 heteroatoms. The van der Waals surface area contributed by atoms with Crippen LogP contribution in [-0.2, 0) is 14.8 Å². The van der Waals surface area contributed by atoms with Gasteiger partial charge in [-0.05, 0) is 38.3 Å². The van der Waals surface area contributed by atoms with Crippen LogP contribution in [0.15, 0.2) is 24.3 Å². The van der Waals surface area contributed by atoms with E-state index in [-0.39, 0.29) is 18.5 Å². The molecule has 1 heterocycles. The SMILES string of the molecule is C[C@@H](Oc1cccc(F)c1)C(=O)N1CCCC[C@H]1CNS(C)(=O)=O. The molecular formula is C16H23FN2O4S. The van der Waals surface area contributed by atoms with Crippen molar-refractivity contribution in [3.05, 3.63) is 30.1 Å². The molecule has 1 aromatic carbocycles. The molecule has 6 nitrogen and oxygen atoms in total. The number of amides is 1. The number of hydrogen-bond acceptors (Lipinski definition) is 4. The van der Waals surface area contributed by atoms with Gasteiger partial charge in [-0.3, -0.25) is 4.79 Å². The molecule has 1 aliphatic rings. The van der Waals surface area contributed by atoms with Crippen LogP contribution in [0.25, 0.3) is 0 Å². The van der Waals surface area contributed by atoms with Gasteiger partial charge in [0.05, 0.1) is 6.26 Å². The number of carbonyl (C=O) groups excluding carboxylic acids is 1. The van der Waals surface area contributed by atoms with Crippen molar-refractivity contribution in [2.45, 2.75) is 38.3 Å². The van der Waals surface area contributed by atoms with Crippen LogP contribution in [-0.4, -0.2) is 50.7 Å². The van der Waals surface area contributed by atoms with Crippen molar-refractivity contribution in [2.75, 3.05) is 19.3 Å². The van der Waals surface area contributed by atoms with Crippen molar-refractivity contribution in [1.82, 2.24) is 9.62 Å². The molecule has 1 aliphatic heterocycles. The van der Waals surface area contributed by atoms with Crippen molar-refractivity contribution < 1.29 is 22.3 Å². The van der Waals surface area contributed by atoms with Crippen LogP contribution in [0.2, 0.25) is 0 Å². The number of sulfonamides is 1. The quantitative estimate of drug-likeness (QED) is 0.837. The average molecular weight is 358 g/mol. The van der Waals surface area contributed by atoms with Gasteiger partial charge in [-0.15, -0.1) is 0 Å². The monoisotopic (exact) mass is 358 g/mol. The van der Waals surface area contributed by atoms with Gasteiger partial charge in [0.1, 0.15) is 11.6 Å². The molecule has 0 aromatic heterocycles. The largest absolute Gasteiger partial charge is 0.481 e. The summed E-state index contributed by atoms with van der Waals surface area (Å²) in [4.78, 5) is 14.3. The molecule has 0 bridgehead atoms. The van der Waals surface area contributed by atoms with E-state index < -0.39 is 21.9 Å². The fourth-order valence-corrected chi connectivity index (χ4v) is 3.27. The third kappa shape index (κ3) is 5.45. The lowest BCUT2D eigenvalue weighted by atomic mass is 10.0. The van der Waals surface area contributed by atoms with Crippen molar-refractivity contribution in [2.24, 2.45) is 0 Å². The van der Waals surface area contributed by atoms with E-state index in [9.17, 15) is 17.6 Å². The van der Waals surface area contributed by atoms with Gasteiger partial charge in [0.2, 0.25) is 10.0 Å². The van der Waals surface area contributed by atoms with Crippen LogP contribution in [0.1, 0.15) is 26.2 Å². The van der Waals surface area contributed by atoms with Gasteiger partial charge < -0.3 is 9.64 Å². The van der Waals surface area contributed by atoms with Crippen LogP contribution in [0.5, 0.6) is 5.75 Å². The van der Waals surface area contributed by atoms with E-state index in [1.165, 1.54) is 18.2 Å². The lowest BCUT2D eigenvalue weighted by Crippen LogP contribution is -2.52. The highest BCUT2D eigenvalue weighted by Gasteiger charge is 2.31. The summed E-state index contributed by atoms with van der Waals surface area (Å²) in [5.41, 5.74) is 0. The summed E-state index contributed by atoms with van der Waals surface area (Å²) in [6, 6.07) is 5.44. The normalized spacial score (nSPS) is 19.8. The van der Waals surface area contributed by atoms with E-state index in [1.54, 1.807) is 17.9 Å². The summed E-state index contributed by atoms with van der Waals surface area (Å²) in [6.45, 7) is 2.37. The molecule has 0 unspecified atom stereocenters.